The van der Waals surface area contributed by atoms with Crippen molar-refractivity contribution in [3.63, 3.8) is 0 Å². The molecule has 124 valence electrons. The van der Waals surface area contributed by atoms with E-state index in [0.717, 1.165) is 44.7 Å². The number of carbonyl (C=O) groups is 1. The Morgan fingerprint density at radius 3 is 2.91 bits per heavy atom. The summed E-state index contributed by atoms with van der Waals surface area (Å²) in [5.74, 6) is -0.0384. The fraction of sp³-hybridized carbons (Fsp3) is 0.556. The average Bonchev–Trinajstić information content (AvgIpc) is 2.60. The van der Waals surface area contributed by atoms with Crippen LogP contribution in [0.4, 0.5) is 10.5 Å². The lowest BCUT2D eigenvalue weighted by atomic mass is 10.0. The minimum atomic E-state index is -0.107. The lowest BCUT2D eigenvalue weighted by Gasteiger charge is -2.29. The zero-order valence-electron chi connectivity index (χ0n) is 14.1. The number of nitrogens with zero attached hydrogens (tertiary/aromatic N) is 3. The Bertz CT molecular complexity index is 562. The van der Waals surface area contributed by atoms with E-state index < -0.39 is 0 Å². The summed E-state index contributed by atoms with van der Waals surface area (Å²) in [6.07, 6.45) is 1.79. The topological polar surface area (TPSA) is 59.4 Å². The molecule has 1 atom stereocenters. The molecule has 0 radical (unpaired) electrons. The highest BCUT2D eigenvalue weighted by atomic mass is 16.2. The van der Waals surface area contributed by atoms with E-state index in [1.54, 1.807) is 4.90 Å². The molecule has 2 rings (SSSR count). The Balaban J connectivity index is 1.97. The number of rotatable bonds is 5. The fourth-order valence-corrected chi connectivity index (χ4v) is 2.92. The van der Waals surface area contributed by atoms with Gasteiger partial charge in [0.05, 0.1) is 12.0 Å². The molecule has 1 saturated heterocycles. The van der Waals surface area contributed by atoms with Crippen molar-refractivity contribution in [2.45, 2.75) is 33.2 Å². The van der Waals surface area contributed by atoms with Gasteiger partial charge in [-0.15, -0.1) is 0 Å². The van der Waals surface area contributed by atoms with E-state index in [2.05, 4.69) is 36.2 Å². The number of amides is 2. The molecular formula is C18H26N4O. The van der Waals surface area contributed by atoms with Gasteiger partial charge in [0.2, 0.25) is 0 Å². The van der Waals surface area contributed by atoms with E-state index in [1.807, 2.05) is 18.2 Å². The molecule has 1 aliphatic heterocycles. The summed E-state index contributed by atoms with van der Waals surface area (Å²) in [5, 5.41) is 12.0. The first kappa shape index (κ1) is 17.3. The van der Waals surface area contributed by atoms with Gasteiger partial charge in [0.1, 0.15) is 0 Å². The molecule has 5 heteroatoms. The molecule has 23 heavy (non-hydrogen) atoms. The standard InChI is InChI=1S/C18H26N4O/c1-3-21(4-2)13-15-7-5-9-17(11-15)20-18(23)22-10-6-8-16(12-19)14-22/h5,7,9,11,16H,3-4,6,8,10,13-14H2,1-2H3,(H,20,23). The molecule has 1 fully saturated rings. The van der Waals surface area contributed by atoms with Gasteiger partial charge in [-0.3, -0.25) is 4.90 Å². The lowest BCUT2D eigenvalue weighted by molar-refractivity contribution is 0.189. The van der Waals surface area contributed by atoms with Crippen LogP contribution >= 0.6 is 0 Å². The van der Waals surface area contributed by atoms with Crippen LogP contribution in [0.2, 0.25) is 0 Å². The van der Waals surface area contributed by atoms with Crippen LogP contribution in [0.15, 0.2) is 24.3 Å². The molecule has 1 unspecified atom stereocenters. The predicted molar refractivity (Wildman–Crippen MR) is 92.0 cm³/mol. The molecule has 0 aliphatic carbocycles. The van der Waals surface area contributed by atoms with Gasteiger partial charge >= 0.3 is 6.03 Å². The first-order valence-electron chi connectivity index (χ1n) is 8.43. The number of hydrogen-bond donors (Lipinski definition) is 1. The molecule has 0 aromatic heterocycles. The van der Waals surface area contributed by atoms with Crippen molar-refractivity contribution in [3.8, 4) is 6.07 Å². The van der Waals surface area contributed by atoms with E-state index in [9.17, 15) is 4.79 Å². The highest BCUT2D eigenvalue weighted by Crippen LogP contribution is 2.18. The number of carbonyl (C=O) groups excluding carboxylic acids is 1. The third-order valence-electron chi connectivity index (χ3n) is 4.37. The van der Waals surface area contributed by atoms with E-state index >= 15 is 0 Å². The van der Waals surface area contributed by atoms with Crippen molar-refractivity contribution in [2.24, 2.45) is 5.92 Å². The molecule has 1 N–H and O–H groups in total. The Hall–Kier alpha value is -2.06. The molecule has 1 aliphatic rings. The highest BCUT2D eigenvalue weighted by Gasteiger charge is 2.23. The molecular weight excluding hydrogens is 288 g/mol. The van der Waals surface area contributed by atoms with E-state index in [0.29, 0.717) is 6.54 Å². The van der Waals surface area contributed by atoms with Crippen LogP contribution in [0.5, 0.6) is 0 Å². The summed E-state index contributed by atoms with van der Waals surface area (Å²) >= 11 is 0. The minimum Gasteiger partial charge on any atom is -0.323 e. The normalized spacial score (nSPS) is 17.8. The second-order valence-electron chi connectivity index (χ2n) is 6.01. The molecule has 1 heterocycles. The number of benzene rings is 1. The third kappa shape index (κ3) is 4.97. The quantitative estimate of drug-likeness (QED) is 0.907. The Kier molecular flexibility index (Phi) is 6.42. The van der Waals surface area contributed by atoms with E-state index in [4.69, 9.17) is 5.26 Å². The monoisotopic (exact) mass is 314 g/mol. The Morgan fingerprint density at radius 2 is 2.22 bits per heavy atom. The molecule has 1 aromatic rings. The van der Waals surface area contributed by atoms with Gasteiger partial charge in [0, 0.05) is 25.3 Å². The SMILES string of the molecule is CCN(CC)Cc1cccc(NC(=O)N2CCCC(C#N)C2)c1. The first-order valence-corrected chi connectivity index (χ1v) is 8.43. The van der Waals surface area contributed by atoms with Gasteiger partial charge in [0.15, 0.2) is 0 Å². The minimum absolute atomic E-state index is 0.0384. The van der Waals surface area contributed by atoms with E-state index in [-0.39, 0.29) is 11.9 Å². The van der Waals surface area contributed by atoms with Crippen molar-refractivity contribution in [1.29, 1.82) is 5.26 Å². The highest BCUT2D eigenvalue weighted by molar-refractivity contribution is 5.89. The summed E-state index contributed by atoms with van der Waals surface area (Å²) < 4.78 is 0. The predicted octanol–water partition coefficient (Wildman–Crippen LogP) is 3.30. The maximum Gasteiger partial charge on any atom is 0.321 e. The van der Waals surface area contributed by atoms with E-state index in [1.165, 1.54) is 5.56 Å². The van der Waals surface area contributed by atoms with Gasteiger partial charge in [-0.1, -0.05) is 26.0 Å². The van der Waals surface area contributed by atoms with Gasteiger partial charge in [-0.2, -0.15) is 5.26 Å². The van der Waals surface area contributed by atoms with Crippen LogP contribution in [-0.4, -0.2) is 42.0 Å². The van der Waals surface area contributed by atoms with Gasteiger partial charge in [-0.25, -0.2) is 4.79 Å². The Morgan fingerprint density at radius 1 is 1.43 bits per heavy atom. The zero-order valence-corrected chi connectivity index (χ0v) is 14.1. The Labute approximate surface area is 138 Å². The molecule has 0 spiro atoms. The van der Waals surface area contributed by atoms with Crippen LogP contribution in [0.3, 0.4) is 0 Å². The number of piperidine rings is 1. The van der Waals surface area contributed by atoms with Gasteiger partial charge < -0.3 is 10.2 Å². The van der Waals surface area contributed by atoms with Crippen LogP contribution in [0.1, 0.15) is 32.3 Å². The second-order valence-corrected chi connectivity index (χ2v) is 6.01. The molecule has 0 saturated carbocycles. The van der Waals surface area contributed by atoms with Gasteiger partial charge in [-0.05, 0) is 43.6 Å². The van der Waals surface area contributed by atoms with Crippen molar-refractivity contribution >= 4 is 11.7 Å². The summed E-state index contributed by atoms with van der Waals surface area (Å²) in [4.78, 5) is 16.5. The number of anilines is 1. The maximum atomic E-state index is 12.4. The van der Waals surface area contributed by atoms with Gasteiger partial charge in [0.25, 0.3) is 0 Å². The summed E-state index contributed by atoms with van der Waals surface area (Å²) in [6, 6.07) is 10.2. The number of likely N-dealkylation sites (tertiary alicyclic amines) is 1. The van der Waals surface area contributed by atoms with Crippen molar-refractivity contribution in [2.75, 3.05) is 31.5 Å². The smallest absolute Gasteiger partial charge is 0.321 e. The number of nitriles is 1. The molecule has 0 bridgehead atoms. The van der Waals surface area contributed by atoms with Crippen LogP contribution < -0.4 is 5.32 Å². The molecule has 2 amide bonds. The van der Waals surface area contributed by atoms with Crippen molar-refractivity contribution in [3.05, 3.63) is 29.8 Å². The van der Waals surface area contributed by atoms with Crippen LogP contribution in [0, 0.1) is 17.2 Å². The maximum absolute atomic E-state index is 12.4. The van der Waals surface area contributed by atoms with Crippen LogP contribution in [0.25, 0.3) is 0 Å². The van der Waals surface area contributed by atoms with Crippen molar-refractivity contribution in [1.82, 2.24) is 9.80 Å². The summed E-state index contributed by atoms with van der Waals surface area (Å²) in [7, 11) is 0. The zero-order chi connectivity index (χ0) is 16.7. The average molecular weight is 314 g/mol. The van der Waals surface area contributed by atoms with Crippen LogP contribution in [-0.2, 0) is 6.54 Å². The fourth-order valence-electron chi connectivity index (χ4n) is 2.92. The summed E-state index contributed by atoms with van der Waals surface area (Å²) in [5.41, 5.74) is 2.01. The molecule has 5 nitrogen and oxygen atoms in total. The second kappa shape index (κ2) is 8.54. The van der Waals surface area contributed by atoms with Crippen molar-refractivity contribution < 1.29 is 4.79 Å². The number of nitrogens with one attached hydrogen (secondary N) is 1. The third-order valence-corrected chi connectivity index (χ3v) is 4.37. The summed E-state index contributed by atoms with van der Waals surface area (Å²) in [6.45, 7) is 8.46. The largest absolute Gasteiger partial charge is 0.323 e. The number of urea groups is 1. The molecule has 1 aromatic carbocycles. The number of hydrogen-bond acceptors (Lipinski definition) is 3. The lowest BCUT2D eigenvalue weighted by Crippen LogP contribution is -2.42. The first-order chi connectivity index (χ1) is 11.2.